The van der Waals surface area contributed by atoms with Crippen molar-refractivity contribution < 1.29 is 13.9 Å². The second-order valence-corrected chi connectivity index (χ2v) is 10.0. The van der Waals surface area contributed by atoms with Gasteiger partial charge in [-0.1, -0.05) is 37.6 Å². The van der Waals surface area contributed by atoms with E-state index in [2.05, 4.69) is 38.7 Å². The van der Waals surface area contributed by atoms with Crippen LogP contribution < -0.4 is 0 Å². The molecule has 0 aromatic heterocycles. The summed E-state index contributed by atoms with van der Waals surface area (Å²) in [6.45, 7) is 13.7. The van der Waals surface area contributed by atoms with Gasteiger partial charge in [0.25, 0.3) is 0 Å². The first-order valence-corrected chi connectivity index (χ1v) is 11.7. The lowest BCUT2D eigenvalue weighted by molar-refractivity contribution is 0.0287. The average Bonchev–Trinajstić information content (AvgIpc) is 3.21. The highest BCUT2D eigenvalue weighted by molar-refractivity contribution is 5.25. The summed E-state index contributed by atoms with van der Waals surface area (Å²) in [6.07, 6.45) is 8.49. The number of hydrogen-bond acceptors (Lipinski definition) is 3. The number of piperidine rings is 1. The van der Waals surface area contributed by atoms with Crippen molar-refractivity contribution in [3.05, 3.63) is 47.3 Å². The van der Waals surface area contributed by atoms with Crippen LogP contribution in [0.2, 0.25) is 0 Å². The van der Waals surface area contributed by atoms with E-state index in [1.165, 1.54) is 30.4 Å². The molecule has 2 aliphatic heterocycles. The highest BCUT2D eigenvalue weighted by Gasteiger charge is 2.30. The van der Waals surface area contributed by atoms with E-state index >= 15 is 0 Å². The minimum atomic E-state index is -0.165. The molecule has 30 heavy (non-hydrogen) atoms. The monoisotopic (exact) mass is 417 g/mol. The van der Waals surface area contributed by atoms with Gasteiger partial charge in [-0.05, 0) is 88.1 Å². The zero-order valence-electron chi connectivity index (χ0n) is 19.3. The number of likely N-dealkylation sites (tertiary alicyclic amines) is 1. The second-order valence-electron chi connectivity index (χ2n) is 10.0. The van der Waals surface area contributed by atoms with Crippen molar-refractivity contribution in [1.29, 1.82) is 0 Å². The molecule has 0 amide bonds. The number of rotatable bonds is 9. The van der Waals surface area contributed by atoms with Crippen LogP contribution in [0.3, 0.4) is 0 Å². The van der Waals surface area contributed by atoms with Gasteiger partial charge in [0.2, 0.25) is 0 Å². The fourth-order valence-corrected chi connectivity index (χ4v) is 4.84. The first kappa shape index (κ1) is 23.4. The van der Waals surface area contributed by atoms with E-state index < -0.39 is 0 Å². The van der Waals surface area contributed by atoms with Crippen molar-refractivity contribution >= 4 is 0 Å². The number of nitrogens with zero attached hydrogens (tertiary/aromatic N) is 1. The predicted molar refractivity (Wildman–Crippen MR) is 121 cm³/mol. The molecule has 2 heterocycles. The Labute approximate surface area is 182 Å². The van der Waals surface area contributed by atoms with Crippen molar-refractivity contribution in [3.8, 4) is 0 Å². The molecule has 4 heteroatoms. The Morgan fingerprint density at radius 2 is 1.90 bits per heavy atom. The molecule has 0 N–H and O–H groups in total. The zero-order chi connectivity index (χ0) is 21.6. The van der Waals surface area contributed by atoms with Crippen molar-refractivity contribution in [1.82, 2.24) is 4.90 Å². The van der Waals surface area contributed by atoms with Crippen LogP contribution >= 0.6 is 0 Å². The van der Waals surface area contributed by atoms with E-state index in [0.29, 0.717) is 12.1 Å². The Hall–Kier alpha value is -1.23. The van der Waals surface area contributed by atoms with E-state index in [0.717, 1.165) is 51.7 Å². The minimum Gasteiger partial charge on any atom is -0.379 e. The number of ether oxygens (including phenoxy) is 2. The summed E-state index contributed by atoms with van der Waals surface area (Å²) < 4.78 is 24.8. The third kappa shape index (κ3) is 6.90. The summed E-state index contributed by atoms with van der Waals surface area (Å²) in [5.74, 6) is 0.600. The van der Waals surface area contributed by atoms with Crippen LogP contribution in [0.5, 0.6) is 0 Å². The van der Waals surface area contributed by atoms with Crippen LogP contribution in [0.4, 0.5) is 4.39 Å². The largest absolute Gasteiger partial charge is 0.379 e. The Balaban J connectivity index is 1.53. The summed E-state index contributed by atoms with van der Waals surface area (Å²) in [7, 11) is 0. The number of benzene rings is 1. The van der Waals surface area contributed by atoms with Gasteiger partial charge in [0.05, 0.1) is 12.7 Å². The molecule has 0 spiro atoms. The molecule has 0 bridgehead atoms. The lowest BCUT2D eigenvalue weighted by atomic mass is 9.78. The first-order chi connectivity index (χ1) is 14.3. The van der Waals surface area contributed by atoms with Gasteiger partial charge in [0.1, 0.15) is 5.82 Å². The van der Waals surface area contributed by atoms with Crippen LogP contribution in [0.1, 0.15) is 65.4 Å². The fraction of sp³-hybridized carbons (Fsp3) is 0.692. The molecule has 3 rings (SSSR count). The highest BCUT2D eigenvalue weighted by Crippen LogP contribution is 2.33. The smallest absolute Gasteiger partial charge is 0.123 e. The van der Waals surface area contributed by atoms with E-state index in [-0.39, 0.29) is 11.2 Å². The molecule has 2 fully saturated rings. The maximum atomic E-state index is 13.4. The molecule has 1 aromatic rings. The molecule has 0 saturated carbocycles. The minimum absolute atomic E-state index is 0.00163. The molecule has 1 aromatic carbocycles. The van der Waals surface area contributed by atoms with Gasteiger partial charge < -0.3 is 9.47 Å². The van der Waals surface area contributed by atoms with Gasteiger partial charge >= 0.3 is 0 Å². The van der Waals surface area contributed by atoms with Gasteiger partial charge in [-0.25, -0.2) is 4.39 Å². The second kappa shape index (κ2) is 10.9. The summed E-state index contributed by atoms with van der Waals surface area (Å²) >= 11 is 0. The molecule has 0 radical (unpaired) electrons. The summed E-state index contributed by atoms with van der Waals surface area (Å²) in [6, 6.07) is 7.46. The van der Waals surface area contributed by atoms with Crippen LogP contribution in [-0.4, -0.2) is 50.0 Å². The summed E-state index contributed by atoms with van der Waals surface area (Å²) in [5, 5.41) is 0. The van der Waals surface area contributed by atoms with Crippen LogP contribution in [0, 0.1) is 11.7 Å². The van der Waals surface area contributed by atoms with Gasteiger partial charge in [-0.15, -0.1) is 0 Å². The molecule has 2 saturated heterocycles. The average molecular weight is 418 g/mol. The highest BCUT2D eigenvalue weighted by atomic mass is 19.1. The van der Waals surface area contributed by atoms with Gasteiger partial charge in [0, 0.05) is 19.3 Å². The zero-order valence-corrected chi connectivity index (χ0v) is 19.3. The Morgan fingerprint density at radius 3 is 2.50 bits per heavy atom. The first-order valence-electron chi connectivity index (χ1n) is 11.7. The number of halogens is 1. The van der Waals surface area contributed by atoms with E-state index in [4.69, 9.17) is 9.47 Å². The predicted octanol–water partition coefficient (Wildman–Crippen LogP) is 5.74. The van der Waals surface area contributed by atoms with Crippen LogP contribution in [0.25, 0.3) is 0 Å². The summed E-state index contributed by atoms with van der Waals surface area (Å²) in [4.78, 5) is 2.65. The maximum absolute atomic E-state index is 13.4. The molecular formula is C26H40FNO2. The normalized spacial score (nSPS) is 22.2. The topological polar surface area (TPSA) is 21.7 Å². The van der Waals surface area contributed by atoms with Crippen molar-refractivity contribution in [3.63, 3.8) is 0 Å². The standard InChI is InChI=1S/C26H40FNO2/c1-20(2)17-24(18-26(3,4)22-5-7-23(27)8-6-22)28-13-9-21(10-14-28)11-16-30-25-12-15-29-19-25/h5-8,17,21,24-25H,9-16,18-19H2,1-4H3. The van der Waals surface area contributed by atoms with Crippen LogP contribution in [-0.2, 0) is 14.9 Å². The SMILES string of the molecule is CC(C)=CC(CC(C)(C)c1ccc(F)cc1)N1CCC(CCOC2CCOC2)CC1. The van der Waals surface area contributed by atoms with E-state index in [1.807, 2.05) is 12.1 Å². The number of allylic oxidation sites excluding steroid dienone is 1. The Bertz CT molecular complexity index is 667. The van der Waals surface area contributed by atoms with Crippen LogP contribution in [0.15, 0.2) is 35.9 Å². The lowest BCUT2D eigenvalue weighted by Crippen LogP contribution is -2.43. The molecule has 2 unspecified atom stereocenters. The summed E-state index contributed by atoms with van der Waals surface area (Å²) in [5.41, 5.74) is 2.57. The molecule has 168 valence electrons. The molecular weight excluding hydrogens is 377 g/mol. The maximum Gasteiger partial charge on any atom is 0.123 e. The molecule has 3 nitrogen and oxygen atoms in total. The molecule has 0 aliphatic carbocycles. The lowest BCUT2D eigenvalue weighted by Gasteiger charge is -2.40. The van der Waals surface area contributed by atoms with Crippen molar-refractivity contribution in [2.75, 3.05) is 32.9 Å². The third-order valence-corrected chi connectivity index (χ3v) is 6.76. The van der Waals surface area contributed by atoms with Crippen molar-refractivity contribution in [2.45, 2.75) is 77.4 Å². The van der Waals surface area contributed by atoms with E-state index in [9.17, 15) is 4.39 Å². The quantitative estimate of drug-likeness (QED) is 0.479. The fourth-order valence-electron chi connectivity index (χ4n) is 4.84. The number of hydrogen-bond donors (Lipinski definition) is 0. The van der Waals surface area contributed by atoms with Crippen molar-refractivity contribution in [2.24, 2.45) is 5.92 Å². The molecule has 2 aliphatic rings. The third-order valence-electron chi connectivity index (χ3n) is 6.76. The van der Waals surface area contributed by atoms with Gasteiger partial charge in [0.15, 0.2) is 0 Å². The Kier molecular flexibility index (Phi) is 8.50. The van der Waals surface area contributed by atoms with Gasteiger partial charge in [-0.2, -0.15) is 0 Å². The van der Waals surface area contributed by atoms with E-state index in [1.54, 1.807) is 12.1 Å². The molecule has 2 atom stereocenters. The van der Waals surface area contributed by atoms with Gasteiger partial charge in [-0.3, -0.25) is 4.90 Å². The Morgan fingerprint density at radius 1 is 1.20 bits per heavy atom.